The van der Waals surface area contributed by atoms with Crippen molar-refractivity contribution >= 4 is 12.0 Å². The van der Waals surface area contributed by atoms with Gasteiger partial charge in [0.1, 0.15) is 0 Å². The van der Waals surface area contributed by atoms with E-state index >= 15 is 0 Å². The number of carbonyl (C=O) groups is 1. The maximum atomic E-state index is 13.1. The third-order valence-electron chi connectivity index (χ3n) is 5.82. The normalized spacial score (nSPS) is 16.0. The molecule has 0 spiro atoms. The average molecular weight is 421 g/mol. The Kier molecular flexibility index (Phi) is 5.62. The van der Waals surface area contributed by atoms with E-state index in [1.165, 1.54) is 0 Å². The van der Waals surface area contributed by atoms with Crippen LogP contribution in [0.4, 0.5) is 0 Å². The van der Waals surface area contributed by atoms with Crippen molar-refractivity contribution < 1.29 is 4.79 Å². The zero-order chi connectivity index (χ0) is 21.8. The molecule has 1 saturated heterocycles. The van der Waals surface area contributed by atoms with Gasteiger partial charge in [0.05, 0.1) is 17.4 Å². The van der Waals surface area contributed by atoms with Crippen molar-refractivity contribution in [3.8, 4) is 16.9 Å². The zero-order valence-corrected chi connectivity index (χ0v) is 17.7. The van der Waals surface area contributed by atoms with Crippen LogP contribution in [0.3, 0.4) is 0 Å². The van der Waals surface area contributed by atoms with Gasteiger partial charge in [-0.3, -0.25) is 9.78 Å². The third kappa shape index (κ3) is 4.10. The summed E-state index contributed by atoms with van der Waals surface area (Å²) in [7, 11) is 0. The number of para-hydroxylation sites is 1. The Balaban J connectivity index is 1.45. The Morgan fingerprint density at radius 2 is 1.75 bits per heavy atom. The molecular weight excluding hydrogens is 396 g/mol. The molecule has 3 heterocycles. The Morgan fingerprint density at radius 1 is 0.969 bits per heavy atom. The number of rotatable bonds is 5. The van der Waals surface area contributed by atoms with E-state index in [2.05, 4.69) is 4.98 Å². The number of aromatic nitrogens is 3. The summed E-state index contributed by atoms with van der Waals surface area (Å²) in [4.78, 5) is 19.3. The van der Waals surface area contributed by atoms with Crippen molar-refractivity contribution in [3.63, 3.8) is 0 Å². The molecule has 0 bridgehead atoms. The fraction of sp³-hybridized carbons (Fsp3) is 0.148. The van der Waals surface area contributed by atoms with Gasteiger partial charge in [-0.05, 0) is 42.7 Å². The van der Waals surface area contributed by atoms with Gasteiger partial charge in [0.15, 0.2) is 0 Å². The summed E-state index contributed by atoms with van der Waals surface area (Å²) >= 11 is 0. The maximum Gasteiger partial charge on any atom is 0.247 e. The van der Waals surface area contributed by atoms with Crippen LogP contribution in [0, 0.1) is 0 Å². The van der Waals surface area contributed by atoms with Crippen LogP contribution in [0.15, 0.2) is 97.5 Å². The second kappa shape index (κ2) is 9.02. The highest BCUT2D eigenvalue weighted by Crippen LogP contribution is 2.32. The summed E-state index contributed by atoms with van der Waals surface area (Å²) in [6, 6.07) is 24.1. The predicted molar refractivity (Wildman–Crippen MR) is 126 cm³/mol. The van der Waals surface area contributed by atoms with E-state index in [1.807, 2.05) is 101 Å². The molecule has 2 aromatic heterocycles. The fourth-order valence-corrected chi connectivity index (χ4v) is 4.25. The first kappa shape index (κ1) is 19.9. The number of pyridine rings is 1. The van der Waals surface area contributed by atoms with E-state index < -0.39 is 0 Å². The van der Waals surface area contributed by atoms with E-state index in [4.69, 9.17) is 5.10 Å². The molecule has 2 aromatic carbocycles. The molecule has 5 rings (SSSR count). The van der Waals surface area contributed by atoms with E-state index in [0.29, 0.717) is 0 Å². The summed E-state index contributed by atoms with van der Waals surface area (Å²) in [5.74, 6) is 0.0165. The Morgan fingerprint density at radius 3 is 2.50 bits per heavy atom. The van der Waals surface area contributed by atoms with Gasteiger partial charge in [-0.1, -0.05) is 54.6 Å². The monoisotopic (exact) mass is 420 g/mol. The average Bonchev–Trinajstić information content (AvgIpc) is 3.52. The molecule has 5 nitrogen and oxygen atoms in total. The Hall–Kier alpha value is -3.99. The Labute approximate surface area is 187 Å². The molecule has 4 aromatic rings. The summed E-state index contributed by atoms with van der Waals surface area (Å²) in [6.07, 6.45) is 11.1. The highest BCUT2D eigenvalue weighted by atomic mass is 16.2. The molecule has 1 fully saturated rings. The number of benzene rings is 2. The lowest BCUT2D eigenvalue weighted by molar-refractivity contribution is -0.126. The van der Waals surface area contributed by atoms with Crippen LogP contribution in [0.25, 0.3) is 23.0 Å². The number of hydrogen-bond acceptors (Lipinski definition) is 3. The molecular formula is C27H24N4O. The molecule has 158 valence electrons. The molecule has 1 unspecified atom stereocenters. The van der Waals surface area contributed by atoms with Crippen molar-refractivity contribution in [1.82, 2.24) is 19.7 Å². The van der Waals surface area contributed by atoms with Crippen LogP contribution in [-0.2, 0) is 4.79 Å². The SMILES string of the molecule is O=C(/C=C/c1cn(-c2ccccc2)nc1-c1ccccc1)N1CCCC1c1cccnc1. The van der Waals surface area contributed by atoms with Crippen LogP contribution in [0.2, 0.25) is 0 Å². The number of amides is 1. The molecule has 32 heavy (non-hydrogen) atoms. The molecule has 0 saturated carbocycles. The molecule has 0 aliphatic carbocycles. The van der Waals surface area contributed by atoms with E-state index in [9.17, 15) is 4.79 Å². The second-order valence-electron chi connectivity index (χ2n) is 7.89. The smallest absolute Gasteiger partial charge is 0.247 e. The van der Waals surface area contributed by atoms with Gasteiger partial charge in [-0.15, -0.1) is 0 Å². The first-order valence-electron chi connectivity index (χ1n) is 10.9. The maximum absolute atomic E-state index is 13.1. The molecule has 5 heteroatoms. The number of hydrogen-bond donors (Lipinski definition) is 0. The van der Waals surface area contributed by atoms with Crippen molar-refractivity contribution in [2.45, 2.75) is 18.9 Å². The lowest BCUT2D eigenvalue weighted by Gasteiger charge is -2.23. The van der Waals surface area contributed by atoms with E-state index in [1.54, 1.807) is 12.3 Å². The quantitative estimate of drug-likeness (QED) is 0.411. The zero-order valence-electron chi connectivity index (χ0n) is 17.7. The van der Waals surface area contributed by atoms with Crippen molar-refractivity contribution in [3.05, 3.63) is 109 Å². The summed E-state index contributed by atoms with van der Waals surface area (Å²) in [6.45, 7) is 0.761. The van der Waals surface area contributed by atoms with E-state index in [-0.39, 0.29) is 11.9 Å². The first-order chi connectivity index (χ1) is 15.8. The molecule has 1 atom stereocenters. The lowest BCUT2D eigenvalue weighted by atomic mass is 10.1. The molecule has 1 amide bonds. The minimum atomic E-state index is 0.0165. The molecule has 1 aliphatic rings. The van der Waals surface area contributed by atoms with Crippen molar-refractivity contribution in [2.75, 3.05) is 6.54 Å². The predicted octanol–water partition coefficient (Wildman–Crippen LogP) is 5.31. The summed E-state index contributed by atoms with van der Waals surface area (Å²) < 4.78 is 1.86. The topological polar surface area (TPSA) is 51.0 Å². The number of likely N-dealkylation sites (tertiary alicyclic amines) is 1. The lowest BCUT2D eigenvalue weighted by Crippen LogP contribution is -2.28. The fourth-order valence-electron chi connectivity index (χ4n) is 4.25. The van der Waals surface area contributed by atoms with Gasteiger partial charge >= 0.3 is 0 Å². The standard InChI is InChI=1S/C27H24N4O/c32-26(30-18-8-14-25(30)22-11-7-17-28-19-22)16-15-23-20-31(24-12-5-2-6-13-24)29-27(23)21-9-3-1-4-10-21/h1-7,9-13,15-17,19-20,25H,8,14,18H2/b16-15+. The largest absolute Gasteiger partial charge is 0.332 e. The molecule has 0 N–H and O–H groups in total. The molecule has 1 aliphatic heterocycles. The number of carbonyl (C=O) groups excluding carboxylic acids is 1. The van der Waals surface area contributed by atoms with Crippen LogP contribution < -0.4 is 0 Å². The van der Waals surface area contributed by atoms with Crippen LogP contribution in [0.1, 0.15) is 30.0 Å². The van der Waals surface area contributed by atoms with Gasteiger partial charge in [-0.25, -0.2) is 4.68 Å². The van der Waals surface area contributed by atoms with Crippen LogP contribution in [-0.4, -0.2) is 32.1 Å². The van der Waals surface area contributed by atoms with Gasteiger partial charge < -0.3 is 4.90 Å². The van der Waals surface area contributed by atoms with Gasteiger partial charge in [0, 0.05) is 42.3 Å². The van der Waals surface area contributed by atoms with Crippen LogP contribution >= 0.6 is 0 Å². The van der Waals surface area contributed by atoms with Crippen molar-refractivity contribution in [2.24, 2.45) is 0 Å². The summed E-state index contributed by atoms with van der Waals surface area (Å²) in [5, 5.41) is 4.82. The van der Waals surface area contributed by atoms with Gasteiger partial charge in [-0.2, -0.15) is 5.10 Å². The third-order valence-corrected chi connectivity index (χ3v) is 5.82. The van der Waals surface area contributed by atoms with Crippen LogP contribution in [0.5, 0.6) is 0 Å². The first-order valence-corrected chi connectivity index (χ1v) is 10.9. The van der Waals surface area contributed by atoms with Gasteiger partial charge in [0.2, 0.25) is 5.91 Å². The Bertz CT molecular complexity index is 1220. The number of nitrogens with zero attached hydrogens (tertiary/aromatic N) is 4. The second-order valence-corrected chi connectivity index (χ2v) is 7.89. The minimum absolute atomic E-state index is 0.0165. The highest BCUT2D eigenvalue weighted by molar-refractivity contribution is 5.93. The molecule has 0 radical (unpaired) electrons. The van der Waals surface area contributed by atoms with E-state index in [0.717, 1.165) is 47.5 Å². The van der Waals surface area contributed by atoms with Gasteiger partial charge in [0.25, 0.3) is 0 Å². The highest BCUT2D eigenvalue weighted by Gasteiger charge is 2.28. The summed E-state index contributed by atoms with van der Waals surface area (Å²) in [5.41, 5.74) is 4.85. The van der Waals surface area contributed by atoms with Crippen molar-refractivity contribution in [1.29, 1.82) is 0 Å². The minimum Gasteiger partial charge on any atom is -0.332 e.